The van der Waals surface area contributed by atoms with Crippen LogP contribution in [0.3, 0.4) is 0 Å². The summed E-state index contributed by atoms with van der Waals surface area (Å²) in [5.41, 5.74) is 5.29. The monoisotopic (exact) mass is 151 g/mol. The van der Waals surface area contributed by atoms with Crippen molar-refractivity contribution in [3.8, 4) is 0 Å². The SMILES string of the molecule is N[p+]1npnpn1. The fraction of sp³-hybridized carbons (Fsp3) is 0. The van der Waals surface area contributed by atoms with Crippen molar-refractivity contribution in [1.82, 2.24) is 13.5 Å². The molecule has 1 rings (SSSR count). The van der Waals surface area contributed by atoms with E-state index in [4.69, 9.17) is 5.50 Å². The molecule has 0 unspecified atom stereocenters. The van der Waals surface area contributed by atoms with Crippen LogP contribution in [0.1, 0.15) is 0 Å². The molecule has 4 nitrogen and oxygen atoms in total. The number of nitrogen functional groups attached to an aromatic ring is 1. The molecule has 0 saturated carbocycles. The summed E-state index contributed by atoms with van der Waals surface area (Å²) < 4.78 is 11.4. The molecule has 1 heterocycles. The van der Waals surface area contributed by atoms with E-state index in [0.717, 1.165) is 17.0 Å². The summed E-state index contributed by atoms with van der Waals surface area (Å²) in [7, 11) is 0.620. The van der Waals surface area contributed by atoms with Crippen LogP contribution in [-0.4, -0.2) is 13.5 Å². The van der Waals surface area contributed by atoms with E-state index in [0.29, 0.717) is 0 Å². The van der Waals surface area contributed by atoms with Gasteiger partial charge in [-0.25, -0.2) is 5.50 Å². The molecule has 0 atom stereocenters. The highest BCUT2D eigenvalue weighted by Crippen LogP contribution is 2.10. The predicted molar refractivity (Wildman–Crippen MR) is 32.1 cm³/mol. The van der Waals surface area contributed by atoms with Crippen molar-refractivity contribution in [3.05, 3.63) is 0 Å². The lowest BCUT2D eigenvalue weighted by atomic mass is 13.8. The second-order valence-electron chi connectivity index (χ2n) is 0.768. The normalized spacial score (nSPS) is 13.6. The standard InChI is InChI=1S/H2N4P3/c1-7-3-5-2-6-4-7/h(H2,1,2,3,4)/q+1. The smallest absolute Gasteiger partial charge is 0.209 e. The van der Waals surface area contributed by atoms with Gasteiger partial charge in [-0.2, -0.15) is 0 Å². The molecule has 1 aromatic heterocycles. The van der Waals surface area contributed by atoms with Crippen molar-refractivity contribution >= 4 is 25.0 Å². The zero-order chi connectivity index (χ0) is 5.11. The average molecular weight is 151 g/mol. The predicted octanol–water partition coefficient (Wildman–Crippen LogP) is 1.01. The zero-order valence-corrected chi connectivity index (χ0v) is 5.94. The van der Waals surface area contributed by atoms with E-state index < -0.39 is 8.00 Å². The Bertz CT molecular complexity index is 137. The van der Waals surface area contributed by atoms with Crippen LogP contribution < -0.4 is 5.50 Å². The lowest BCUT2D eigenvalue weighted by molar-refractivity contribution is 1.66. The topological polar surface area (TPSA) is 64.7 Å². The Balaban J connectivity index is 3.02. The van der Waals surface area contributed by atoms with Crippen LogP contribution in [0.2, 0.25) is 0 Å². The number of hydrogen-bond donors (Lipinski definition) is 1. The second kappa shape index (κ2) is 2.54. The van der Waals surface area contributed by atoms with E-state index >= 15 is 0 Å². The van der Waals surface area contributed by atoms with Crippen LogP contribution in [0.5, 0.6) is 0 Å². The molecule has 0 radical (unpaired) electrons. The Morgan fingerprint density at radius 1 is 1.29 bits per heavy atom. The quantitative estimate of drug-likeness (QED) is 0.600. The van der Waals surface area contributed by atoms with Gasteiger partial charge in [0.25, 0.3) is 8.00 Å². The maximum Gasteiger partial charge on any atom is 0.347 e. The van der Waals surface area contributed by atoms with Gasteiger partial charge in [0.15, 0.2) is 0 Å². The molecule has 7 heavy (non-hydrogen) atoms. The van der Waals surface area contributed by atoms with E-state index in [2.05, 4.69) is 13.5 Å². The van der Waals surface area contributed by atoms with Crippen LogP contribution >= 0.6 is 25.0 Å². The van der Waals surface area contributed by atoms with Crippen LogP contribution in [0.25, 0.3) is 0 Å². The first-order valence-corrected chi connectivity index (χ1v) is 4.37. The molecule has 0 saturated heterocycles. The third-order valence-corrected chi connectivity index (χ3v) is 3.09. The molecule has 2 N–H and O–H groups in total. The number of rotatable bonds is 0. The first-order valence-electron chi connectivity index (χ1n) is 1.46. The molecule has 0 aliphatic carbocycles. The van der Waals surface area contributed by atoms with Crippen molar-refractivity contribution in [2.45, 2.75) is 0 Å². The first kappa shape index (κ1) is 5.40. The molecule has 0 aliphatic heterocycles. The van der Waals surface area contributed by atoms with Gasteiger partial charge in [-0.15, -0.1) is 0 Å². The Morgan fingerprint density at radius 3 is 2.14 bits per heavy atom. The molecule has 0 fully saturated rings. The molecule has 1 aromatic rings. The molecule has 7 heteroatoms. The van der Waals surface area contributed by atoms with Crippen molar-refractivity contribution in [1.29, 1.82) is 0 Å². The lowest BCUT2D eigenvalue weighted by Crippen LogP contribution is -1.76. The highest BCUT2D eigenvalue weighted by atomic mass is 31.2. The third kappa shape index (κ3) is 1.67. The van der Waals surface area contributed by atoms with Gasteiger partial charge in [0.2, 0.25) is 0 Å². The van der Waals surface area contributed by atoms with Gasteiger partial charge in [0.1, 0.15) is 0 Å². The minimum atomic E-state index is -0.860. The summed E-state index contributed by atoms with van der Waals surface area (Å²) in [6.07, 6.45) is 0. The van der Waals surface area contributed by atoms with Crippen molar-refractivity contribution in [2.24, 2.45) is 0 Å². The van der Waals surface area contributed by atoms with Crippen LogP contribution in [0.15, 0.2) is 0 Å². The summed E-state index contributed by atoms with van der Waals surface area (Å²) in [6, 6.07) is 0. The number of aromatic nitrogens is 3. The number of nitrogens with zero attached hydrogens (tertiary/aromatic N) is 3. The van der Waals surface area contributed by atoms with Crippen LogP contribution in [0.4, 0.5) is 0 Å². The summed E-state index contributed by atoms with van der Waals surface area (Å²) in [5.74, 6) is 0. The van der Waals surface area contributed by atoms with Gasteiger partial charge in [-0.1, -0.05) is 0 Å². The lowest BCUT2D eigenvalue weighted by Gasteiger charge is -1.65. The fourth-order valence-electron chi connectivity index (χ4n) is 0.154. The molecule has 0 aromatic carbocycles. The van der Waals surface area contributed by atoms with E-state index in [1.165, 1.54) is 0 Å². The van der Waals surface area contributed by atoms with E-state index in [1.807, 2.05) is 0 Å². The molecule has 0 aliphatic rings. The highest BCUT2D eigenvalue weighted by Gasteiger charge is 1.91. The van der Waals surface area contributed by atoms with Crippen molar-refractivity contribution < 1.29 is 0 Å². The molecule has 36 valence electrons. The summed E-state index contributed by atoms with van der Waals surface area (Å²) >= 11 is 0. The van der Waals surface area contributed by atoms with Crippen LogP contribution in [-0.2, 0) is 0 Å². The fourth-order valence-corrected chi connectivity index (χ4v) is 2.35. The molecular formula is H2N4P3+. The second-order valence-corrected chi connectivity index (χ2v) is 3.91. The summed E-state index contributed by atoms with van der Waals surface area (Å²) in [4.78, 5) is 0. The Kier molecular flexibility index (Phi) is 1.96. The molecule has 0 spiro atoms. The summed E-state index contributed by atoms with van der Waals surface area (Å²) in [5, 5.41) is 0. The van der Waals surface area contributed by atoms with E-state index in [9.17, 15) is 0 Å². The Morgan fingerprint density at radius 2 is 1.86 bits per heavy atom. The van der Waals surface area contributed by atoms with Gasteiger partial charge in [-0.05, 0) is 13.5 Å². The minimum Gasteiger partial charge on any atom is -0.209 e. The highest BCUT2D eigenvalue weighted by molar-refractivity contribution is 7.52. The van der Waals surface area contributed by atoms with Gasteiger partial charge >= 0.3 is 17.0 Å². The zero-order valence-electron chi connectivity index (χ0n) is 3.26. The molecular weight excluding hydrogens is 149 g/mol. The van der Waals surface area contributed by atoms with Gasteiger partial charge < -0.3 is 0 Å². The Hall–Kier alpha value is 0.260. The van der Waals surface area contributed by atoms with Gasteiger partial charge in [0, 0.05) is 0 Å². The van der Waals surface area contributed by atoms with Crippen molar-refractivity contribution in [3.63, 3.8) is 0 Å². The average Bonchev–Trinajstić information content (AvgIpc) is 1.69. The van der Waals surface area contributed by atoms with Crippen molar-refractivity contribution in [2.75, 3.05) is 5.50 Å². The summed E-state index contributed by atoms with van der Waals surface area (Å²) in [6.45, 7) is 0. The van der Waals surface area contributed by atoms with E-state index in [-0.39, 0.29) is 0 Å². The molecule has 0 amide bonds. The van der Waals surface area contributed by atoms with Gasteiger partial charge in [0.05, 0.1) is 0 Å². The van der Waals surface area contributed by atoms with Crippen LogP contribution in [0, 0.1) is 0 Å². The maximum atomic E-state index is 5.29. The third-order valence-electron chi connectivity index (χ3n) is 0.343. The largest absolute Gasteiger partial charge is 0.347 e. The maximum absolute atomic E-state index is 5.29. The van der Waals surface area contributed by atoms with E-state index in [1.54, 1.807) is 0 Å². The minimum absolute atomic E-state index is 0.740. The number of hydrogen-bond acceptors (Lipinski definition) is 4. The Labute approximate surface area is 44.9 Å². The first-order chi connectivity index (χ1) is 3.39. The number of nitrogens with two attached hydrogens (primary N) is 1. The molecule has 0 bridgehead atoms. The van der Waals surface area contributed by atoms with Gasteiger partial charge in [-0.3, -0.25) is 0 Å².